The summed E-state index contributed by atoms with van der Waals surface area (Å²) in [6, 6.07) is 5.96. The lowest BCUT2D eigenvalue weighted by atomic mass is 9.81. The molecule has 1 aliphatic heterocycles. The minimum atomic E-state index is -2.56. The van der Waals surface area contributed by atoms with Crippen LogP contribution in [-0.2, 0) is 0 Å². The number of benzene rings is 1. The summed E-state index contributed by atoms with van der Waals surface area (Å²) in [4.78, 5) is 4.21. The number of oxazole rings is 1. The van der Waals surface area contributed by atoms with E-state index < -0.39 is 10.8 Å². The van der Waals surface area contributed by atoms with Gasteiger partial charge in [0.05, 0.1) is 10.1 Å². The van der Waals surface area contributed by atoms with E-state index in [4.69, 9.17) is 4.42 Å². The average molecular weight is 381 g/mol. The first-order chi connectivity index (χ1) is 12.4. The SMILES string of the molecule is Cc1ccc2nc(C(C)SC3(C4CCCC(F)(F)C4)CCNN3)oc2c1. The average Bonchev–Trinajstić information content (AvgIpc) is 3.21. The van der Waals surface area contributed by atoms with Crippen LogP contribution in [0.2, 0.25) is 0 Å². The second kappa shape index (κ2) is 6.77. The summed E-state index contributed by atoms with van der Waals surface area (Å²) in [7, 11) is 0. The number of hydrazine groups is 1. The number of halogens is 2. The van der Waals surface area contributed by atoms with E-state index in [1.165, 1.54) is 0 Å². The van der Waals surface area contributed by atoms with Gasteiger partial charge in [-0.25, -0.2) is 19.2 Å². The molecule has 1 aliphatic carbocycles. The second-order valence-electron chi connectivity index (χ2n) is 7.62. The number of aryl methyl sites for hydroxylation is 1. The predicted molar refractivity (Wildman–Crippen MR) is 100 cm³/mol. The van der Waals surface area contributed by atoms with Crippen LogP contribution in [0.25, 0.3) is 11.1 Å². The van der Waals surface area contributed by atoms with Crippen molar-refractivity contribution in [2.45, 2.75) is 62.0 Å². The minimum absolute atomic E-state index is 0.0116. The topological polar surface area (TPSA) is 50.1 Å². The molecular formula is C19H25F2N3OS. The first-order valence-electron chi connectivity index (χ1n) is 9.30. The number of hydrogen-bond donors (Lipinski definition) is 2. The third kappa shape index (κ3) is 3.49. The highest BCUT2D eigenvalue weighted by atomic mass is 32.2. The fourth-order valence-corrected chi connectivity index (χ4v) is 5.75. The van der Waals surface area contributed by atoms with Gasteiger partial charge in [0.15, 0.2) is 5.58 Å². The van der Waals surface area contributed by atoms with Gasteiger partial charge in [-0.1, -0.05) is 6.07 Å². The third-order valence-corrected chi connectivity index (χ3v) is 7.13. The number of alkyl halides is 2. The fourth-order valence-electron chi connectivity index (χ4n) is 4.17. The molecule has 1 aromatic heterocycles. The van der Waals surface area contributed by atoms with Crippen LogP contribution in [0.5, 0.6) is 0 Å². The zero-order chi connectivity index (χ0) is 18.4. The number of nitrogens with one attached hydrogen (secondary N) is 2. The molecule has 3 unspecified atom stereocenters. The minimum Gasteiger partial charge on any atom is -0.439 e. The monoisotopic (exact) mass is 381 g/mol. The van der Waals surface area contributed by atoms with Gasteiger partial charge in [-0.3, -0.25) is 5.43 Å². The van der Waals surface area contributed by atoms with Crippen LogP contribution >= 0.6 is 11.8 Å². The van der Waals surface area contributed by atoms with Crippen molar-refractivity contribution in [1.29, 1.82) is 0 Å². The van der Waals surface area contributed by atoms with Crippen molar-refractivity contribution in [1.82, 2.24) is 15.8 Å². The number of thioether (sulfide) groups is 1. The zero-order valence-electron chi connectivity index (χ0n) is 15.1. The molecule has 2 N–H and O–H groups in total. The highest BCUT2D eigenvalue weighted by Crippen LogP contribution is 2.51. The van der Waals surface area contributed by atoms with Gasteiger partial charge >= 0.3 is 0 Å². The van der Waals surface area contributed by atoms with Crippen molar-refractivity contribution in [3.05, 3.63) is 29.7 Å². The molecule has 1 saturated carbocycles. The van der Waals surface area contributed by atoms with Crippen LogP contribution in [0.4, 0.5) is 8.78 Å². The van der Waals surface area contributed by atoms with Gasteiger partial charge in [0.25, 0.3) is 0 Å². The molecule has 1 saturated heterocycles. The smallest absolute Gasteiger partial charge is 0.248 e. The Morgan fingerprint density at radius 2 is 2.19 bits per heavy atom. The highest BCUT2D eigenvalue weighted by Gasteiger charge is 2.49. The summed E-state index contributed by atoms with van der Waals surface area (Å²) < 4.78 is 34.0. The van der Waals surface area contributed by atoms with Crippen LogP contribution in [0.3, 0.4) is 0 Å². The number of aromatic nitrogens is 1. The first kappa shape index (κ1) is 18.2. The van der Waals surface area contributed by atoms with Crippen molar-refractivity contribution in [3.8, 4) is 0 Å². The largest absolute Gasteiger partial charge is 0.439 e. The number of hydrogen-bond acceptors (Lipinski definition) is 5. The molecule has 7 heteroatoms. The lowest BCUT2D eigenvalue weighted by Crippen LogP contribution is -2.50. The quantitative estimate of drug-likeness (QED) is 0.785. The molecule has 3 atom stereocenters. The molecule has 2 heterocycles. The molecular weight excluding hydrogens is 356 g/mol. The molecule has 2 aromatic rings. The summed E-state index contributed by atoms with van der Waals surface area (Å²) in [6.07, 6.45) is 2.20. The van der Waals surface area contributed by atoms with Gasteiger partial charge in [0, 0.05) is 19.4 Å². The van der Waals surface area contributed by atoms with E-state index in [1.54, 1.807) is 11.8 Å². The molecule has 1 aromatic carbocycles. The summed E-state index contributed by atoms with van der Waals surface area (Å²) in [6.45, 7) is 4.85. The molecule has 0 bridgehead atoms. The molecule has 4 nitrogen and oxygen atoms in total. The van der Waals surface area contributed by atoms with Crippen molar-refractivity contribution in [3.63, 3.8) is 0 Å². The lowest BCUT2D eigenvalue weighted by molar-refractivity contribution is -0.0599. The van der Waals surface area contributed by atoms with Gasteiger partial charge in [0.2, 0.25) is 11.8 Å². The van der Waals surface area contributed by atoms with E-state index in [2.05, 4.69) is 15.8 Å². The Morgan fingerprint density at radius 1 is 1.35 bits per heavy atom. The molecule has 142 valence electrons. The highest BCUT2D eigenvalue weighted by molar-refractivity contribution is 8.00. The summed E-state index contributed by atoms with van der Waals surface area (Å²) in [5, 5.41) is -0.0225. The Morgan fingerprint density at radius 3 is 2.92 bits per heavy atom. The molecule has 0 radical (unpaired) electrons. The summed E-state index contributed by atoms with van der Waals surface area (Å²) in [5.41, 5.74) is 9.24. The maximum Gasteiger partial charge on any atom is 0.248 e. The van der Waals surface area contributed by atoms with Crippen LogP contribution in [0.1, 0.15) is 55.7 Å². The third-order valence-electron chi connectivity index (χ3n) is 5.52. The molecule has 4 rings (SSSR count). The maximum atomic E-state index is 14.0. The van der Waals surface area contributed by atoms with E-state index in [1.807, 2.05) is 32.0 Å². The van der Waals surface area contributed by atoms with Crippen molar-refractivity contribution in [2.75, 3.05) is 6.54 Å². The van der Waals surface area contributed by atoms with Gasteiger partial charge in [-0.05, 0) is 56.7 Å². The van der Waals surface area contributed by atoms with E-state index in [0.717, 1.165) is 36.0 Å². The lowest BCUT2D eigenvalue weighted by Gasteiger charge is -2.42. The molecule has 0 amide bonds. The van der Waals surface area contributed by atoms with E-state index in [0.29, 0.717) is 12.3 Å². The van der Waals surface area contributed by atoms with Gasteiger partial charge in [0.1, 0.15) is 5.52 Å². The van der Waals surface area contributed by atoms with Crippen molar-refractivity contribution >= 4 is 22.9 Å². The first-order valence-corrected chi connectivity index (χ1v) is 10.2. The van der Waals surface area contributed by atoms with Crippen LogP contribution in [-0.4, -0.2) is 22.3 Å². The molecule has 2 fully saturated rings. The Bertz CT molecular complexity index is 788. The Kier molecular flexibility index (Phi) is 4.73. The number of fused-ring (bicyclic) bond motifs is 1. The van der Waals surface area contributed by atoms with Gasteiger partial charge in [-0.15, -0.1) is 11.8 Å². The van der Waals surface area contributed by atoms with Crippen molar-refractivity contribution in [2.24, 2.45) is 5.92 Å². The molecule has 2 aliphatic rings. The van der Waals surface area contributed by atoms with Crippen molar-refractivity contribution < 1.29 is 13.2 Å². The molecule has 0 spiro atoms. The van der Waals surface area contributed by atoms with Crippen LogP contribution < -0.4 is 10.9 Å². The normalized spacial score (nSPS) is 29.9. The van der Waals surface area contributed by atoms with E-state index in [-0.39, 0.29) is 24.0 Å². The number of nitrogens with zero attached hydrogens (tertiary/aromatic N) is 1. The maximum absolute atomic E-state index is 14.0. The molecule has 26 heavy (non-hydrogen) atoms. The Hall–Kier alpha value is -1.18. The van der Waals surface area contributed by atoms with Gasteiger partial charge < -0.3 is 4.42 Å². The van der Waals surface area contributed by atoms with Gasteiger partial charge in [-0.2, -0.15) is 0 Å². The zero-order valence-corrected chi connectivity index (χ0v) is 16.0. The predicted octanol–water partition coefficient (Wildman–Crippen LogP) is 4.95. The van der Waals surface area contributed by atoms with E-state index >= 15 is 0 Å². The summed E-state index contributed by atoms with van der Waals surface area (Å²) in [5.74, 6) is -1.97. The summed E-state index contributed by atoms with van der Waals surface area (Å²) >= 11 is 1.67. The Labute approximate surface area is 156 Å². The number of rotatable bonds is 4. The van der Waals surface area contributed by atoms with E-state index in [9.17, 15) is 8.78 Å². The Balaban J connectivity index is 1.57. The standard InChI is InChI=1S/C19H25F2N3OS/c1-12-5-6-15-16(10-12)25-17(23-15)13(2)26-19(8-9-22-24-19)14-4-3-7-18(20,21)11-14/h5-6,10,13-14,22,24H,3-4,7-9,11H2,1-2H3. The fraction of sp³-hybridized carbons (Fsp3) is 0.632. The second-order valence-corrected chi connectivity index (χ2v) is 9.30. The van der Waals surface area contributed by atoms with Crippen LogP contribution in [0.15, 0.2) is 22.6 Å². The van der Waals surface area contributed by atoms with Crippen LogP contribution in [0, 0.1) is 12.8 Å².